The fraction of sp³-hybridized carbons (Fsp3) is 1.00. The first-order chi connectivity index (χ1) is 7.69. The third-order valence-corrected chi connectivity index (χ3v) is 7.07. The summed E-state index contributed by atoms with van der Waals surface area (Å²) in [4.78, 5) is 0. The van der Waals surface area contributed by atoms with E-state index in [4.69, 9.17) is 0 Å². The van der Waals surface area contributed by atoms with Crippen LogP contribution in [0.25, 0.3) is 0 Å². The molecule has 1 saturated heterocycles. The summed E-state index contributed by atoms with van der Waals surface area (Å²) in [7, 11) is 0. The molecule has 1 aliphatic heterocycles. The van der Waals surface area contributed by atoms with Gasteiger partial charge in [-0.05, 0) is 40.9 Å². The Morgan fingerprint density at radius 3 is 2.12 bits per heavy atom. The Balaban J connectivity index is 1.87. The van der Waals surface area contributed by atoms with Crippen LogP contribution < -0.4 is 5.32 Å². The van der Waals surface area contributed by atoms with Crippen LogP contribution in [0.4, 0.5) is 0 Å². The molecular weight excluding hydrogens is 226 g/mol. The standard InChI is InChI=1S/C15H29NS/c1-13(2)7-8-17-10-12(13)16-9-11-14(3,4)15(11,5)6/h11-12,16H,7-10H2,1-6H3. The minimum absolute atomic E-state index is 0.481. The molecule has 2 rings (SSSR count). The van der Waals surface area contributed by atoms with Gasteiger partial charge in [0.25, 0.3) is 0 Å². The second-order valence-corrected chi connectivity index (χ2v) is 8.92. The molecule has 0 aromatic heterocycles. The Bertz CT molecular complexity index is 279. The van der Waals surface area contributed by atoms with Crippen molar-refractivity contribution in [1.82, 2.24) is 5.32 Å². The molecule has 1 heterocycles. The van der Waals surface area contributed by atoms with Crippen LogP contribution in [0.15, 0.2) is 0 Å². The molecule has 1 nitrogen and oxygen atoms in total. The zero-order chi connectivity index (χ0) is 12.9. The van der Waals surface area contributed by atoms with E-state index in [2.05, 4.69) is 58.6 Å². The van der Waals surface area contributed by atoms with Crippen LogP contribution in [-0.2, 0) is 0 Å². The highest BCUT2D eigenvalue weighted by molar-refractivity contribution is 7.99. The molecule has 0 spiro atoms. The third kappa shape index (κ3) is 2.28. The molecule has 1 unspecified atom stereocenters. The van der Waals surface area contributed by atoms with Gasteiger partial charge in [0.2, 0.25) is 0 Å². The summed E-state index contributed by atoms with van der Waals surface area (Å²) in [5, 5.41) is 3.86. The second-order valence-electron chi connectivity index (χ2n) is 7.77. The molecule has 17 heavy (non-hydrogen) atoms. The van der Waals surface area contributed by atoms with E-state index in [9.17, 15) is 0 Å². The summed E-state index contributed by atoms with van der Waals surface area (Å²) >= 11 is 2.11. The van der Waals surface area contributed by atoms with Gasteiger partial charge in [-0.15, -0.1) is 0 Å². The smallest absolute Gasteiger partial charge is 0.0209 e. The molecule has 0 aromatic rings. The van der Waals surface area contributed by atoms with E-state index in [1.165, 1.54) is 24.5 Å². The zero-order valence-electron chi connectivity index (χ0n) is 12.4. The minimum Gasteiger partial charge on any atom is -0.312 e. The van der Waals surface area contributed by atoms with E-state index in [0.717, 1.165) is 5.92 Å². The fourth-order valence-electron chi connectivity index (χ4n) is 3.38. The van der Waals surface area contributed by atoms with Crippen LogP contribution in [0.2, 0.25) is 0 Å². The summed E-state index contributed by atoms with van der Waals surface area (Å²) in [5.41, 5.74) is 1.52. The number of hydrogen-bond donors (Lipinski definition) is 1. The summed E-state index contributed by atoms with van der Waals surface area (Å²) in [5.74, 6) is 3.48. The molecule has 0 aromatic carbocycles. The van der Waals surface area contributed by atoms with Gasteiger partial charge in [-0.2, -0.15) is 11.8 Å². The number of rotatable bonds is 3. The van der Waals surface area contributed by atoms with Crippen molar-refractivity contribution in [3.05, 3.63) is 0 Å². The Labute approximate surface area is 112 Å². The third-order valence-electron chi connectivity index (χ3n) is 6.01. The first-order valence-electron chi connectivity index (χ1n) is 7.01. The van der Waals surface area contributed by atoms with Crippen molar-refractivity contribution in [1.29, 1.82) is 0 Å². The van der Waals surface area contributed by atoms with Crippen LogP contribution in [-0.4, -0.2) is 24.1 Å². The molecule has 1 atom stereocenters. The van der Waals surface area contributed by atoms with E-state index in [1.807, 2.05) is 0 Å². The highest BCUT2D eigenvalue weighted by Crippen LogP contribution is 2.68. The lowest BCUT2D eigenvalue weighted by molar-refractivity contribution is 0.240. The van der Waals surface area contributed by atoms with E-state index in [-0.39, 0.29) is 0 Å². The van der Waals surface area contributed by atoms with Crippen molar-refractivity contribution < 1.29 is 0 Å². The van der Waals surface area contributed by atoms with Gasteiger partial charge >= 0.3 is 0 Å². The van der Waals surface area contributed by atoms with Gasteiger partial charge in [-0.25, -0.2) is 0 Å². The number of thioether (sulfide) groups is 1. The molecule has 1 saturated carbocycles. The van der Waals surface area contributed by atoms with Crippen molar-refractivity contribution in [2.24, 2.45) is 22.2 Å². The molecule has 2 heteroatoms. The van der Waals surface area contributed by atoms with Crippen molar-refractivity contribution in [2.75, 3.05) is 18.1 Å². The van der Waals surface area contributed by atoms with Crippen molar-refractivity contribution in [2.45, 2.75) is 54.0 Å². The maximum atomic E-state index is 3.86. The summed E-state index contributed by atoms with van der Waals surface area (Å²) < 4.78 is 0. The lowest BCUT2D eigenvalue weighted by Gasteiger charge is -2.39. The lowest BCUT2D eigenvalue weighted by atomic mass is 9.82. The van der Waals surface area contributed by atoms with Gasteiger partial charge in [0.1, 0.15) is 0 Å². The average Bonchev–Trinajstić information content (AvgIpc) is 2.57. The van der Waals surface area contributed by atoms with E-state index < -0.39 is 0 Å². The van der Waals surface area contributed by atoms with Gasteiger partial charge in [-0.1, -0.05) is 41.5 Å². The molecule has 2 fully saturated rings. The molecule has 2 aliphatic rings. The largest absolute Gasteiger partial charge is 0.312 e. The van der Waals surface area contributed by atoms with Crippen molar-refractivity contribution in [3.63, 3.8) is 0 Å². The lowest BCUT2D eigenvalue weighted by Crippen LogP contribution is -2.47. The van der Waals surface area contributed by atoms with E-state index in [1.54, 1.807) is 0 Å². The van der Waals surface area contributed by atoms with Crippen LogP contribution in [0.3, 0.4) is 0 Å². The van der Waals surface area contributed by atoms with E-state index >= 15 is 0 Å². The maximum Gasteiger partial charge on any atom is 0.0209 e. The molecule has 1 N–H and O–H groups in total. The van der Waals surface area contributed by atoms with Crippen LogP contribution in [0, 0.1) is 22.2 Å². The molecule has 1 aliphatic carbocycles. The van der Waals surface area contributed by atoms with Crippen LogP contribution in [0.1, 0.15) is 48.0 Å². The summed E-state index contributed by atoms with van der Waals surface area (Å²) in [6.07, 6.45) is 1.35. The maximum absolute atomic E-state index is 3.86. The second kappa shape index (κ2) is 4.16. The summed E-state index contributed by atoms with van der Waals surface area (Å²) in [6.45, 7) is 15.7. The Morgan fingerprint density at radius 2 is 1.65 bits per heavy atom. The molecular formula is C15H29NS. The average molecular weight is 255 g/mol. The summed E-state index contributed by atoms with van der Waals surface area (Å²) in [6, 6.07) is 0.702. The molecule has 0 radical (unpaired) electrons. The predicted octanol–water partition coefficient (Wildman–Crippen LogP) is 3.79. The van der Waals surface area contributed by atoms with Crippen LogP contribution >= 0.6 is 11.8 Å². The Kier molecular flexibility index (Phi) is 3.36. The Morgan fingerprint density at radius 1 is 1.06 bits per heavy atom. The van der Waals surface area contributed by atoms with Crippen molar-refractivity contribution in [3.8, 4) is 0 Å². The van der Waals surface area contributed by atoms with E-state index in [0.29, 0.717) is 22.3 Å². The predicted molar refractivity (Wildman–Crippen MR) is 78.6 cm³/mol. The van der Waals surface area contributed by atoms with Gasteiger partial charge in [0, 0.05) is 11.8 Å². The first-order valence-corrected chi connectivity index (χ1v) is 8.16. The monoisotopic (exact) mass is 255 g/mol. The van der Waals surface area contributed by atoms with Gasteiger partial charge in [-0.3, -0.25) is 0 Å². The first kappa shape index (κ1) is 13.7. The number of nitrogens with one attached hydrogen (secondary N) is 1. The molecule has 0 amide bonds. The Hall–Kier alpha value is 0.310. The van der Waals surface area contributed by atoms with Gasteiger partial charge < -0.3 is 5.32 Å². The SMILES string of the molecule is CC1(C)CCSCC1NCC1C(C)(C)C1(C)C. The fourth-order valence-corrected chi connectivity index (χ4v) is 5.02. The zero-order valence-corrected chi connectivity index (χ0v) is 13.2. The molecule has 0 bridgehead atoms. The normalized spacial score (nSPS) is 34.6. The molecule has 100 valence electrons. The van der Waals surface area contributed by atoms with Gasteiger partial charge in [0.05, 0.1) is 0 Å². The number of hydrogen-bond acceptors (Lipinski definition) is 2. The van der Waals surface area contributed by atoms with Crippen LogP contribution in [0.5, 0.6) is 0 Å². The van der Waals surface area contributed by atoms with Crippen molar-refractivity contribution >= 4 is 11.8 Å². The topological polar surface area (TPSA) is 12.0 Å². The highest BCUT2D eigenvalue weighted by atomic mass is 32.2. The highest BCUT2D eigenvalue weighted by Gasteiger charge is 2.64. The van der Waals surface area contributed by atoms with Gasteiger partial charge in [0.15, 0.2) is 0 Å². The quantitative estimate of drug-likeness (QED) is 0.823. The minimum atomic E-state index is 0.481.